The van der Waals surface area contributed by atoms with E-state index in [0.717, 1.165) is 23.8 Å². The Bertz CT molecular complexity index is 241. The summed E-state index contributed by atoms with van der Waals surface area (Å²) in [6, 6.07) is 0.727. The molecule has 3 fully saturated rings. The second-order valence-electron chi connectivity index (χ2n) is 6.38. The van der Waals surface area contributed by atoms with Crippen molar-refractivity contribution in [2.75, 3.05) is 26.2 Å². The molecule has 4 atom stereocenters. The molecule has 2 aliphatic carbocycles. The van der Waals surface area contributed by atoms with E-state index in [-0.39, 0.29) is 0 Å². The molecule has 2 bridgehead atoms. The highest BCUT2D eigenvalue weighted by Crippen LogP contribution is 2.48. The van der Waals surface area contributed by atoms with Crippen LogP contribution < -0.4 is 5.32 Å². The molecule has 0 amide bonds. The van der Waals surface area contributed by atoms with Crippen molar-refractivity contribution in [2.45, 2.75) is 45.1 Å². The first-order valence-corrected chi connectivity index (χ1v) is 7.27. The average Bonchev–Trinajstić information content (AvgIpc) is 2.81. The molecular weight excluding hydrogens is 196 g/mol. The van der Waals surface area contributed by atoms with Crippen LogP contribution in [0.1, 0.15) is 39.0 Å². The van der Waals surface area contributed by atoms with Crippen LogP contribution >= 0.6 is 0 Å². The van der Waals surface area contributed by atoms with Gasteiger partial charge < -0.3 is 10.2 Å². The molecule has 1 saturated heterocycles. The lowest BCUT2D eigenvalue weighted by Crippen LogP contribution is -2.34. The highest BCUT2D eigenvalue weighted by atomic mass is 15.2. The van der Waals surface area contributed by atoms with Crippen molar-refractivity contribution in [1.82, 2.24) is 10.2 Å². The Balaban J connectivity index is 1.50. The third-order valence-electron chi connectivity index (χ3n) is 5.18. The number of nitrogens with one attached hydrogen (secondary N) is 1. The first-order chi connectivity index (χ1) is 7.81. The second-order valence-corrected chi connectivity index (χ2v) is 6.38. The molecule has 92 valence electrons. The zero-order chi connectivity index (χ0) is 11.0. The van der Waals surface area contributed by atoms with E-state index in [1.807, 2.05) is 0 Å². The first-order valence-electron chi connectivity index (χ1n) is 7.27. The molecule has 1 heterocycles. The fourth-order valence-corrected chi connectivity index (χ4v) is 4.17. The fourth-order valence-electron chi connectivity index (χ4n) is 4.17. The molecule has 2 heteroatoms. The molecule has 2 saturated carbocycles. The molecule has 4 unspecified atom stereocenters. The number of rotatable bonds is 2. The highest BCUT2D eigenvalue weighted by Gasteiger charge is 2.39. The molecule has 3 aliphatic rings. The lowest BCUT2D eigenvalue weighted by molar-refractivity contribution is 0.198. The summed E-state index contributed by atoms with van der Waals surface area (Å²) in [5.74, 6) is 3.25. The zero-order valence-electron chi connectivity index (χ0n) is 10.6. The van der Waals surface area contributed by atoms with Gasteiger partial charge in [0, 0.05) is 25.7 Å². The van der Waals surface area contributed by atoms with E-state index >= 15 is 0 Å². The summed E-state index contributed by atoms with van der Waals surface area (Å²) in [5.41, 5.74) is 0. The van der Waals surface area contributed by atoms with Gasteiger partial charge in [0.1, 0.15) is 0 Å². The average molecular weight is 222 g/mol. The fraction of sp³-hybridized carbons (Fsp3) is 1.00. The summed E-state index contributed by atoms with van der Waals surface area (Å²) in [7, 11) is 0. The molecule has 0 aromatic rings. The topological polar surface area (TPSA) is 15.3 Å². The van der Waals surface area contributed by atoms with Gasteiger partial charge in [-0.2, -0.15) is 0 Å². The number of nitrogens with zero attached hydrogens (tertiary/aromatic N) is 1. The minimum absolute atomic E-state index is 0.727. The van der Waals surface area contributed by atoms with E-state index < -0.39 is 0 Å². The van der Waals surface area contributed by atoms with Crippen molar-refractivity contribution in [1.29, 1.82) is 0 Å². The van der Waals surface area contributed by atoms with Crippen LogP contribution in [0.5, 0.6) is 0 Å². The normalized spacial score (nSPS) is 44.8. The third kappa shape index (κ3) is 2.28. The minimum atomic E-state index is 0.727. The summed E-state index contributed by atoms with van der Waals surface area (Å²) < 4.78 is 0. The van der Waals surface area contributed by atoms with Crippen molar-refractivity contribution in [3.05, 3.63) is 0 Å². The Kier molecular flexibility index (Phi) is 3.21. The standard InChI is InChI=1S/C14H26N2/c1-11-4-6-16(7-5-15-11)10-14-9-12-2-3-13(14)8-12/h11-15H,2-10H2,1H3. The van der Waals surface area contributed by atoms with E-state index in [9.17, 15) is 0 Å². The van der Waals surface area contributed by atoms with E-state index in [1.165, 1.54) is 39.0 Å². The van der Waals surface area contributed by atoms with Gasteiger partial charge in [-0.15, -0.1) is 0 Å². The first kappa shape index (κ1) is 11.0. The minimum Gasteiger partial charge on any atom is -0.313 e. The van der Waals surface area contributed by atoms with Gasteiger partial charge in [0.05, 0.1) is 0 Å². The van der Waals surface area contributed by atoms with Crippen LogP contribution in [0, 0.1) is 17.8 Å². The van der Waals surface area contributed by atoms with Crippen LogP contribution in [-0.2, 0) is 0 Å². The summed E-state index contributed by atoms with van der Waals surface area (Å²) in [6.45, 7) is 7.51. The SMILES string of the molecule is CC1CCN(CC2CC3CCC2C3)CCN1. The quantitative estimate of drug-likeness (QED) is 0.770. The second kappa shape index (κ2) is 4.66. The van der Waals surface area contributed by atoms with Crippen molar-refractivity contribution < 1.29 is 0 Å². The number of hydrogen-bond donors (Lipinski definition) is 1. The molecule has 3 rings (SSSR count). The highest BCUT2D eigenvalue weighted by molar-refractivity contribution is 4.91. The Hall–Kier alpha value is -0.0800. The zero-order valence-corrected chi connectivity index (χ0v) is 10.6. The van der Waals surface area contributed by atoms with Crippen molar-refractivity contribution in [2.24, 2.45) is 17.8 Å². The van der Waals surface area contributed by atoms with Gasteiger partial charge in [-0.3, -0.25) is 0 Å². The van der Waals surface area contributed by atoms with Gasteiger partial charge in [0.25, 0.3) is 0 Å². The van der Waals surface area contributed by atoms with Crippen molar-refractivity contribution in [3.8, 4) is 0 Å². The number of hydrogen-bond acceptors (Lipinski definition) is 2. The lowest BCUT2D eigenvalue weighted by atomic mass is 9.88. The van der Waals surface area contributed by atoms with Gasteiger partial charge in [0.2, 0.25) is 0 Å². The van der Waals surface area contributed by atoms with Gasteiger partial charge in [0.15, 0.2) is 0 Å². The van der Waals surface area contributed by atoms with Gasteiger partial charge in [-0.1, -0.05) is 6.42 Å². The Morgan fingerprint density at radius 1 is 1.12 bits per heavy atom. The monoisotopic (exact) mass is 222 g/mol. The lowest BCUT2D eigenvalue weighted by Gasteiger charge is -2.28. The summed E-state index contributed by atoms with van der Waals surface area (Å²) in [6.07, 6.45) is 7.52. The Labute approximate surface area is 99.8 Å². The predicted molar refractivity (Wildman–Crippen MR) is 67.5 cm³/mol. The van der Waals surface area contributed by atoms with Gasteiger partial charge >= 0.3 is 0 Å². The molecule has 16 heavy (non-hydrogen) atoms. The molecule has 0 spiro atoms. The largest absolute Gasteiger partial charge is 0.313 e. The third-order valence-corrected chi connectivity index (χ3v) is 5.18. The Morgan fingerprint density at radius 2 is 2.06 bits per heavy atom. The molecule has 0 aromatic carbocycles. The summed E-state index contributed by atoms with van der Waals surface area (Å²) in [5, 5.41) is 3.59. The van der Waals surface area contributed by atoms with E-state index in [1.54, 1.807) is 19.3 Å². The van der Waals surface area contributed by atoms with Crippen LogP contribution in [0.15, 0.2) is 0 Å². The van der Waals surface area contributed by atoms with Crippen molar-refractivity contribution >= 4 is 0 Å². The van der Waals surface area contributed by atoms with Gasteiger partial charge in [-0.05, 0) is 56.9 Å². The van der Waals surface area contributed by atoms with Crippen LogP contribution in [0.4, 0.5) is 0 Å². The number of fused-ring (bicyclic) bond motifs is 2. The molecular formula is C14H26N2. The van der Waals surface area contributed by atoms with Crippen LogP contribution in [0.2, 0.25) is 0 Å². The van der Waals surface area contributed by atoms with E-state index in [4.69, 9.17) is 0 Å². The summed E-state index contributed by atoms with van der Waals surface area (Å²) >= 11 is 0. The predicted octanol–water partition coefficient (Wildman–Crippen LogP) is 2.11. The van der Waals surface area contributed by atoms with E-state index in [0.29, 0.717) is 0 Å². The van der Waals surface area contributed by atoms with Crippen LogP contribution in [0.3, 0.4) is 0 Å². The molecule has 1 N–H and O–H groups in total. The maximum atomic E-state index is 3.59. The van der Waals surface area contributed by atoms with Crippen LogP contribution in [-0.4, -0.2) is 37.1 Å². The Morgan fingerprint density at radius 3 is 2.81 bits per heavy atom. The maximum Gasteiger partial charge on any atom is 0.0107 e. The van der Waals surface area contributed by atoms with Crippen molar-refractivity contribution in [3.63, 3.8) is 0 Å². The van der Waals surface area contributed by atoms with Crippen LogP contribution in [0.25, 0.3) is 0 Å². The molecule has 1 aliphatic heterocycles. The molecule has 0 radical (unpaired) electrons. The molecule has 0 aromatic heterocycles. The summed E-state index contributed by atoms with van der Waals surface area (Å²) in [4.78, 5) is 2.72. The maximum absolute atomic E-state index is 3.59. The van der Waals surface area contributed by atoms with E-state index in [2.05, 4.69) is 17.1 Å². The smallest absolute Gasteiger partial charge is 0.0107 e. The van der Waals surface area contributed by atoms with Gasteiger partial charge in [-0.25, -0.2) is 0 Å². The molecule has 2 nitrogen and oxygen atoms in total.